The number of hydrogen-bond acceptors (Lipinski definition) is 6. The van der Waals surface area contributed by atoms with E-state index in [1.54, 1.807) is 11.8 Å². The fraction of sp³-hybridized carbons (Fsp3) is 0.677. The third kappa shape index (κ3) is 6.19. The lowest BCUT2D eigenvalue weighted by molar-refractivity contribution is -0.144. The zero-order chi connectivity index (χ0) is 29.4. The third-order valence-electron chi connectivity index (χ3n) is 9.30. The Morgan fingerprint density at radius 3 is 2.25 bits per heavy atom. The van der Waals surface area contributed by atoms with Crippen LogP contribution in [0.15, 0.2) is 24.3 Å². The van der Waals surface area contributed by atoms with Crippen molar-refractivity contribution in [2.24, 2.45) is 28.6 Å². The highest BCUT2D eigenvalue weighted by Crippen LogP contribution is 2.65. The molecule has 40 heavy (non-hydrogen) atoms. The average Bonchev–Trinajstić information content (AvgIpc) is 3.26. The summed E-state index contributed by atoms with van der Waals surface area (Å²) < 4.78 is 5.43. The van der Waals surface area contributed by atoms with Crippen LogP contribution in [-0.4, -0.2) is 73.0 Å². The Morgan fingerprint density at radius 2 is 1.70 bits per heavy atom. The zero-order valence-corrected chi connectivity index (χ0v) is 25.0. The molecule has 2 fully saturated rings. The predicted octanol–water partition coefficient (Wildman–Crippen LogP) is 2.71. The fourth-order valence-electron chi connectivity index (χ4n) is 6.67. The number of Topliss-reactive ketones (excluding diaryl/α,β-unsaturated/α-hetero) is 1. The summed E-state index contributed by atoms with van der Waals surface area (Å²) >= 11 is 0. The minimum atomic E-state index is -0.785. The molecule has 0 bridgehead atoms. The van der Waals surface area contributed by atoms with Crippen molar-refractivity contribution >= 4 is 23.7 Å². The van der Waals surface area contributed by atoms with Crippen LogP contribution >= 0.6 is 0 Å². The van der Waals surface area contributed by atoms with Crippen molar-refractivity contribution in [2.75, 3.05) is 26.2 Å². The molecular formula is C31H46N4O5. The number of carbonyl (C=O) groups excluding carboxylic acids is 4. The van der Waals surface area contributed by atoms with Crippen LogP contribution in [0.3, 0.4) is 0 Å². The van der Waals surface area contributed by atoms with Crippen molar-refractivity contribution in [1.29, 1.82) is 0 Å². The number of nitrogens with zero attached hydrogens (tertiary/aromatic N) is 1. The first kappa shape index (κ1) is 30.0. The lowest BCUT2D eigenvalue weighted by Gasteiger charge is -2.35. The van der Waals surface area contributed by atoms with Crippen molar-refractivity contribution in [2.45, 2.75) is 79.4 Å². The minimum absolute atomic E-state index is 0.00323. The number of piperidine rings is 1. The van der Waals surface area contributed by atoms with Gasteiger partial charge >= 0.3 is 12.0 Å². The predicted molar refractivity (Wildman–Crippen MR) is 152 cm³/mol. The van der Waals surface area contributed by atoms with Gasteiger partial charge in [0.1, 0.15) is 12.6 Å². The Morgan fingerprint density at radius 1 is 1.07 bits per heavy atom. The molecule has 1 heterocycles. The van der Waals surface area contributed by atoms with E-state index in [0.29, 0.717) is 31.8 Å². The van der Waals surface area contributed by atoms with Crippen LogP contribution in [0.4, 0.5) is 4.79 Å². The quantitative estimate of drug-likeness (QED) is 0.383. The van der Waals surface area contributed by atoms with Gasteiger partial charge in [0.05, 0.1) is 18.6 Å². The van der Waals surface area contributed by atoms with E-state index in [9.17, 15) is 19.2 Å². The molecule has 9 nitrogen and oxygen atoms in total. The number of nitrogens with one attached hydrogen (secondary N) is 3. The number of likely N-dealkylation sites (N-methyl/N-ethyl adjacent to an activating group) is 1. The molecule has 1 aromatic carbocycles. The SMILES string of the molecule is CCNCC(=O)OCC(NC(=O)NC(C(=O)N1C[C@H]2[C@@H](C1C(C)=O)C2(C)C)C1Cc2ccccc2C1)C(C)(C)C. The smallest absolute Gasteiger partial charge is 0.319 e. The normalized spacial score (nSPS) is 24.5. The number of urea groups is 1. The molecule has 4 rings (SSSR count). The lowest BCUT2D eigenvalue weighted by Crippen LogP contribution is -2.59. The van der Waals surface area contributed by atoms with Crippen LogP contribution in [0.1, 0.15) is 59.6 Å². The average molecular weight is 555 g/mol. The van der Waals surface area contributed by atoms with E-state index in [1.807, 2.05) is 39.8 Å². The summed E-state index contributed by atoms with van der Waals surface area (Å²) in [5.74, 6) is -0.258. The van der Waals surface area contributed by atoms with Gasteiger partial charge in [-0.25, -0.2) is 4.79 Å². The molecule has 3 amide bonds. The van der Waals surface area contributed by atoms with Crippen molar-refractivity contribution in [3.63, 3.8) is 0 Å². The van der Waals surface area contributed by atoms with Crippen molar-refractivity contribution in [3.8, 4) is 0 Å². The highest BCUT2D eigenvalue weighted by Gasteiger charge is 2.69. The maximum Gasteiger partial charge on any atom is 0.319 e. The van der Waals surface area contributed by atoms with Gasteiger partial charge in [-0.15, -0.1) is 0 Å². The van der Waals surface area contributed by atoms with Crippen molar-refractivity contribution < 1.29 is 23.9 Å². The van der Waals surface area contributed by atoms with Gasteiger partial charge < -0.3 is 25.6 Å². The Labute approximate surface area is 238 Å². The van der Waals surface area contributed by atoms with Crippen molar-refractivity contribution in [3.05, 3.63) is 35.4 Å². The number of benzene rings is 1. The van der Waals surface area contributed by atoms with E-state index < -0.39 is 29.6 Å². The van der Waals surface area contributed by atoms with Crippen LogP contribution in [0.5, 0.6) is 0 Å². The fourth-order valence-corrected chi connectivity index (χ4v) is 6.67. The molecule has 9 heteroatoms. The van der Waals surface area contributed by atoms with Gasteiger partial charge in [0.25, 0.3) is 0 Å². The maximum absolute atomic E-state index is 14.2. The minimum Gasteiger partial charge on any atom is -0.463 e. The Bertz CT molecular complexity index is 1120. The van der Waals surface area contributed by atoms with Gasteiger partial charge in [-0.2, -0.15) is 0 Å². The molecule has 3 aliphatic rings. The summed E-state index contributed by atoms with van der Waals surface area (Å²) in [4.78, 5) is 54.2. The van der Waals surface area contributed by atoms with Crippen LogP contribution in [0.25, 0.3) is 0 Å². The number of hydrogen-bond donors (Lipinski definition) is 3. The number of ketones is 1. The molecule has 1 aliphatic heterocycles. The Hall–Kier alpha value is -2.94. The topological polar surface area (TPSA) is 117 Å². The summed E-state index contributed by atoms with van der Waals surface area (Å²) in [6, 6.07) is 5.92. The summed E-state index contributed by atoms with van der Waals surface area (Å²) in [5, 5.41) is 8.91. The van der Waals surface area contributed by atoms with E-state index in [4.69, 9.17) is 4.74 Å². The second-order valence-corrected chi connectivity index (χ2v) is 13.4. The molecule has 0 spiro atoms. The van der Waals surface area contributed by atoms with Gasteiger partial charge in [-0.05, 0) is 66.0 Å². The highest BCUT2D eigenvalue weighted by molar-refractivity contribution is 5.93. The van der Waals surface area contributed by atoms with Crippen LogP contribution < -0.4 is 16.0 Å². The molecule has 2 aliphatic carbocycles. The molecule has 1 saturated heterocycles. The first-order valence-electron chi connectivity index (χ1n) is 14.6. The second kappa shape index (κ2) is 11.5. The number of likely N-dealkylation sites (tertiary alicyclic amines) is 1. The molecule has 3 unspecified atom stereocenters. The van der Waals surface area contributed by atoms with Crippen LogP contribution in [0.2, 0.25) is 0 Å². The molecule has 220 valence electrons. The van der Waals surface area contributed by atoms with E-state index in [2.05, 4.69) is 41.9 Å². The first-order valence-corrected chi connectivity index (χ1v) is 14.6. The molecule has 1 aromatic rings. The van der Waals surface area contributed by atoms with Gasteiger partial charge in [0.15, 0.2) is 5.78 Å². The van der Waals surface area contributed by atoms with Crippen LogP contribution in [0, 0.1) is 28.6 Å². The summed E-state index contributed by atoms with van der Waals surface area (Å²) in [6.07, 6.45) is 1.35. The monoisotopic (exact) mass is 554 g/mol. The summed E-state index contributed by atoms with van der Waals surface area (Å²) in [6.45, 7) is 15.0. The van der Waals surface area contributed by atoms with Gasteiger partial charge in [0.2, 0.25) is 5.91 Å². The van der Waals surface area contributed by atoms with E-state index in [0.717, 1.165) is 0 Å². The lowest BCUT2D eigenvalue weighted by atomic mass is 9.87. The number of fused-ring (bicyclic) bond motifs is 2. The number of ether oxygens (including phenoxy) is 1. The number of esters is 1. The Kier molecular flexibility index (Phi) is 8.64. The largest absolute Gasteiger partial charge is 0.463 e. The zero-order valence-electron chi connectivity index (χ0n) is 25.0. The van der Waals surface area contributed by atoms with Gasteiger partial charge in [0, 0.05) is 6.54 Å². The summed E-state index contributed by atoms with van der Waals surface area (Å²) in [5.41, 5.74) is 2.00. The molecule has 3 N–H and O–H groups in total. The van der Waals surface area contributed by atoms with E-state index in [-0.39, 0.29) is 48.1 Å². The number of rotatable bonds is 10. The van der Waals surface area contributed by atoms with E-state index >= 15 is 0 Å². The molecule has 0 aromatic heterocycles. The standard InChI is InChI=1S/C31H46N4O5/c1-8-32-15-24(37)40-17-23(30(3,4)5)33-29(39)34-26(21-13-19-11-9-10-12-20(19)14-21)28(38)35-16-22-25(31(22,6)7)27(35)18(2)36/h9-12,21-23,25-27,32H,8,13-17H2,1-7H3,(H2,33,34,39)/t22-,23?,25-,26?,27?/m0/s1. The molecule has 0 radical (unpaired) electrons. The van der Waals surface area contributed by atoms with Gasteiger partial charge in [-0.3, -0.25) is 14.4 Å². The molecule has 5 atom stereocenters. The van der Waals surface area contributed by atoms with Crippen molar-refractivity contribution in [1.82, 2.24) is 20.9 Å². The molecule has 1 saturated carbocycles. The second-order valence-electron chi connectivity index (χ2n) is 13.4. The number of amides is 3. The highest BCUT2D eigenvalue weighted by atomic mass is 16.5. The third-order valence-corrected chi connectivity index (χ3v) is 9.30. The maximum atomic E-state index is 14.2. The summed E-state index contributed by atoms with van der Waals surface area (Å²) in [7, 11) is 0. The first-order chi connectivity index (χ1) is 18.8. The Balaban J connectivity index is 1.51. The number of carbonyl (C=O) groups is 4. The molecular weight excluding hydrogens is 508 g/mol. The van der Waals surface area contributed by atoms with Crippen LogP contribution in [-0.2, 0) is 32.0 Å². The van der Waals surface area contributed by atoms with E-state index in [1.165, 1.54) is 11.1 Å². The van der Waals surface area contributed by atoms with Gasteiger partial charge in [-0.1, -0.05) is 65.8 Å².